The van der Waals surface area contributed by atoms with Gasteiger partial charge in [0, 0.05) is 68.2 Å². The third-order valence-corrected chi connectivity index (χ3v) is 11.0. The molecule has 8 aromatic rings. The van der Waals surface area contributed by atoms with Crippen LogP contribution in [0.15, 0.2) is 201 Å². The van der Waals surface area contributed by atoms with Crippen molar-refractivity contribution in [3.63, 3.8) is 0 Å². The minimum Gasteiger partial charge on any atom is -0.456 e. The van der Waals surface area contributed by atoms with E-state index < -0.39 is 0 Å². The van der Waals surface area contributed by atoms with Crippen molar-refractivity contribution in [1.29, 1.82) is 5.26 Å². The highest BCUT2D eigenvalue weighted by Crippen LogP contribution is 2.56. The minimum atomic E-state index is 0.594. The molecule has 0 unspecified atom stereocenters. The van der Waals surface area contributed by atoms with E-state index in [9.17, 15) is 5.26 Å². The van der Waals surface area contributed by atoms with E-state index in [1.165, 1.54) is 0 Å². The fourth-order valence-electron chi connectivity index (χ4n) is 8.28. The lowest BCUT2D eigenvalue weighted by Crippen LogP contribution is -2.11. The molecule has 5 nitrogen and oxygen atoms in total. The van der Waals surface area contributed by atoms with Crippen LogP contribution >= 0.6 is 0 Å². The van der Waals surface area contributed by atoms with Crippen molar-refractivity contribution in [1.82, 2.24) is 0 Å². The normalized spacial score (nSPS) is 11.9. The standard InChI is InChI=1S/C55H37N3O2/c1-3-5-13-38-21-24-43(33-39(38)14-6-4-2)58(42-22-19-37(36-56)20-23-42)45-26-28-47-49-30-31-50-54-48(29-32-51(55(49)54)60-53(47)35-45)46-27-25-44(34-52(46)59-50)57(40-15-9-7-10-16-40)41-17-11-8-12-18-41/h3-35H,1-2H2/b13-5-,14-6-. The van der Waals surface area contributed by atoms with Gasteiger partial charge in [0.1, 0.15) is 23.0 Å². The van der Waals surface area contributed by atoms with Gasteiger partial charge >= 0.3 is 0 Å². The van der Waals surface area contributed by atoms with E-state index >= 15 is 0 Å². The van der Waals surface area contributed by atoms with E-state index in [-0.39, 0.29) is 0 Å². The maximum absolute atomic E-state index is 9.59. The highest BCUT2D eigenvalue weighted by molar-refractivity contribution is 6.14. The molecule has 2 heterocycles. The Morgan fingerprint density at radius 2 is 0.850 bits per heavy atom. The molecule has 2 aliphatic heterocycles. The third kappa shape index (κ3) is 6.30. The maximum Gasteiger partial charge on any atom is 0.137 e. The zero-order chi connectivity index (χ0) is 40.6. The zero-order valence-electron chi connectivity index (χ0n) is 32.6. The Hall–Kier alpha value is -8.33. The van der Waals surface area contributed by atoms with Gasteiger partial charge in [0.2, 0.25) is 0 Å². The van der Waals surface area contributed by atoms with Crippen LogP contribution in [0, 0.1) is 11.3 Å². The lowest BCUT2D eigenvalue weighted by molar-refractivity contribution is 0.480. The van der Waals surface area contributed by atoms with E-state index in [2.05, 4.69) is 156 Å². The molecule has 2 aliphatic rings. The first-order valence-electron chi connectivity index (χ1n) is 19.8. The molecule has 0 atom stereocenters. The lowest BCUT2D eigenvalue weighted by atomic mass is 9.88. The number of rotatable bonds is 10. The van der Waals surface area contributed by atoms with E-state index in [0.717, 1.165) is 101 Å². The van der Waals surface area contributed by atoms with E-state index in [4.69, 9.17) is 9.47 Å². The number of benzene rings is 8. The highest BCUT2D eigenvalue weighted by Gasteiger charge is 2.29. The molecule has 0 radical (unpaired) electrons. The number of hydrogen-bond donors (Lipinski definition) is 0. The fourth-order valence-corrected chi connectivity index (χ4v) is 8.28. The molecule has 0 amide bonds. The molecule has 8 aromatic carbocycles. The predicted molar refractivity (Wildman–Crippen MR) is 248 cm³/mol. The molecule has 0 aromatic heterocycles. The van der Waals surface area contributed by atoms with E-state index in [0.29, 0.717) is 5.56 Å². The smallest absolute Gasteiger partial charge is 0.137 e. The van der Waals surface area contributed by atoms with Crippen molar-refractivity contribution >= 4 is 57.0 Å². The molecule has 0 N–H and O–H groups in total. The van der Waals surface area contributed by atoms with Crippen LogP contribution < -0.4 is 19.3 Å². The van der Waals surface area contributed by atoms with Crippen LogP contribution in [-0.2, 0) is 0 Å². The first kappa shape index (κ1) is 36.0. The molecule has 0 fully saturated rings. The number of allylic oxidation sites excluding steroid dienone is 4. The molecular weight excluding hydrogens is 735 g/mol. The van der Waals surface area contributed by atoms with Crippen LogP contribution in [0.5, 0.6) is 23.0 Å². The molecule has 60 heavy (non-hydrogen) atoms. The summed E-state index contributed by atoms with van der Waals surface area (Å²) in [5.41, 5.74) is 12.8. The predicted octanol–water partition coefficient (Wildman–Crippen LogP) is 15.6. The Morgan fingerprint density at radius 1 is 0.417 bits per heavy atom. The number of nitriles is 1. The lowest BCUT2D eigenvalue weighted by Gasteiger charge is -2.30. The quantitative estimate of drug-likeness (QED) is 0.130. The number of para-hydroxylation sites is 2. The number of anilines is 6. The Labute approximate surface area is 349 Å². The minimum absolute atomic E-state index is 0.594. The SMILES string of the molecule is C=C/C=C\c1ccc(N(c2ccc(C#N)cc2)c2ccc3c(c2)Oc2ccc4c5c(ccc-3c25)Oc2cc(N(c3ccccc3)c3ccccc3)ccc2-4)cc1/C=C\C=C. The summed E-state index contributed by atoms with van der Waals surface area (Å²) in [5, 5.41) is 11.7. The van der Waals surface area contributed by atoms with Gasteiger partial charge in [0.25, 0.3) is 0 Å². The third-order valence-electron chi connectivity index (χ3n) is 11.0. The van der Waals surface area contributed by atoms with Gasteiger partial charge < -0.3 is 19.3 Å². The second kappa shape index (κ2) is 15.2. The number of fused-ring (bicyclic) bond motifs is 4. The Kier molecular flexibility index (Phi) is 9.13. The summed E-state index contributed by atoms with van der Waals surface area (Å²) < 4.78 is 13.6. The zero-order valence-corrected chi connectivity index (χ0v) is 32.6. The molecule has 0 saturated carbocycles. The van der Waals surface area contributed by atoms with Gasteiger partial charge in [-0.25, -0.2) is 0 Å². The van der Waals surface area contributed by atoms with Crippen LogP contribution in [0.2, 0.25) is 0 Å². The number of nitrogens with zero attached hydrogens (tertiary/aromatic N) is 3. The molecule has 0 spiro atoms. The van der Waals surface area contributed by atoms with Gasteiger partial charge in [-0.05, 0) is 131 Å². The average molecular weight is 772 g/mol. The van der Waals surface area contributed by atoms with Gasteiger partial charge in [0.05, 0.1) is 11.6 Å². The van der Waals surface area contributed by atoms with Crippen molar-refractivity contribution in [3.8, 4) is 51.3 Å². The van der Waals surface area contributed by atoms with E-state index in [1.807, 2.05) is 60.7 Å². The summed E-state index contributed by atoms with van der Waals surface area (Å²) in [6.07, 6.45) is 11.5. The van der Waals surface area contributed by atoms with Crippen LogP contribution in [0.4, 0.5) is 34.1 Å². The van der Waals surface area contributed by atoms with Crippen molar-refractivity contribution in [2.75, 3.05) is 9.80 Å². The largest absolute Gasteiger partial charge is 0.456 e. The number of ether oxygens (including phenoxy) is 2. The summed E-state index contributed by atoms with van der Waals surface area (Å²) in [7, 11) is 0. The first-order chi connectivity index (χ1) is 29.6. The van der Waals surface area contributed by atoms with Crippen LogP contribution in [0.1, 0.15) is 16.7 Å². The van der Waals surface area contributed by atoms with Crippen LogP contribution in [0.3, 0.4) is 0 Å². The molecule has 0 aliphatic carbocycles. The Bertz CT molecular complexity index is 3050. The van der Waals surface area contributed by atoms with Crippen molar-refractivity contribution < 1.29 is 9.47 Å². The van der Waals surface area contributed by atoms with Crippen molar-refractivity contribution in [2.24, 2.45) is 0 Å². The summed E-state index contributed by atoms with van der Waals surface area (Å²) in [6, 6.07) is 58.3. The molecule has 0 saturated heterocycles. The molecule has 0 bridgehead atoms. The van der Waals surface area contributed by atoms with Gasteiger partial charge in [-0.3, -0.25) is 0 Å². The topological polar surface area (TPSA) is 48.7 Å². The summed E-state index contributed by atoms with van der Waals surface area (Å²) >= 11 is 0. The van der Waals surface area contributed by atoms with Gasteiger partial charge in [-0.15, -0.1) is 0 Å². The number of hydrogen-bond acceptors (Lipinski definition) is 5. The fraction of sp³-hybridized carbons (Fsp3) is 0. The van der Waals surface area contributed by atoms with Crippen LogP contribution in [-0.4, -0.2) is 0 Å². The van der Waals surface area contributed by atoms with Gasteiger partial charge in [-0.2, -0.15) is 5.26 Å². The molecule has 5 heteroatoms. The highest BCUT2D eigenvalue weighted by atomic mass is 16.5. The first-order valence-corrected chi connectivity index (χ1v) is 19.8. The Balaban J connectivity index is 1.06. The monoisotopic (exact) mass is 771 g/mol. The summed E-state index contributed by atoms with van der Waals surface area (Å²) in [4.78, 5) is 4.43. The molecular formula is C55H37N3O2. The molecule has 284 valence electrons. The van der Waals surface area contributed by atoms with Gasteiger partial charge in [0.15, 0.2) is 0 Å². The van der Waals surface area contributed by atoms with Crippen LogP contribution in [0.25, 0.3) is 45.2 Å². The van der Waals surface area contributed by atoms with Gasteiger partial charge in [-0.1, -0.05) is 92.1 Å². The Morgan fingerprint density at radius 3 is 1.37 bits per heavy atom. The summed E-state index contributed by atoms with van der Waals surface area (Å²) in [6.45, 7) is 7.73. The van der Waals surface area contributed by atoms with E-state index in [1.54, 1.807) is 12.2 Å². The summed E-state index contributed by atoms with van der Waals surface area (Å²) in [5.74, 6) is 3.13. The van der Waals surface area contributed by atoms with Crippen molar-refractivity contribution in [2.45, 2.75) is 0 Å². The second-order valence-electron chi connectivity index (χ2n) is 14.5. The average Bonchev–Trinajstić information content (AvgIpc) is 3.30. The second-order valence-corrected chi connectivity index (χ2v) is 14.5. The molecule has 10 rings (SSSR count). The van der Waals surface area contributed by atoms with Crippen molar-refractivity contribution in [3.05, 3.63) is 218 Å². The maximum atomic E-state index is 9.59.